The maximum Gasteiger partial charge on any atom is 0.243 e. The average molecular weight is 421 g/mol. The fourth-order valence-corrected chi connectivity index (χ4v) is 6.82. The van der Waals surface area contributed by atoms with Crippen molar-refractivity contribution in [3.63, 3.8) is 0 Å². The van der Waals surface area contributed by atoms with Gasteiger partial charge in [-0.15, -0.1) is 0 Å². The van der Waals surface area contributed by atoms with Crippen molar-refractivity contribution in [2.45, 2.75) is 61.1 Å². The number of likely N-dealkylation sites (tertiary alicyclic amines) is 1. The summed E-state index contributed by atoms with van der Waals surface area (Å²) in [5, 5.41) is 0. The highest BCUT2D eigenvalue weighted by atomic mass is 32.2. The average Bonchev–Trinajstić information content (AvgIpc) is 3.59. The summed E-state index contributed by atoms with van der Waals surface area (Å²) >= 11 is 0. The van der Waals surface area contributed by atoms with Gasteiger partial charge in [0.2, 0.25) is 10.0 Å². The molecule has 29 heavy (non-hydrogen) atoms. The van der Waals surface area contributed by atoms with Crippen LogP contribution in [0.3, 0.4) is 0 Å². The zero-order valence-electron chi connectivity index (χ0n) is 17.0. The van der Waals surface area contributed by atoms with E-state index in [9.17, 15) is 8.42 Å². The molecule has 1 aliphatic carbocycles. The Labute approximate surface area is 174 Å². The van der Waals surface area contributed by atoms with Gasteiger partial charge in [-0.1, -0.05) is 18.2 Å². The highest BCUT2D eigenvalue weighted by molar-refractivity contribution is 7.89. The lowest BCUT2D eigenvalue weighted by molar-refractivity contribution is -0.217. The largest absolute Gasteiger partial charge is 0.381 e. The van der Waals surface area contributed by atoms with Crippen molar-refractivity contribution in [3.05, 3.63) is 30.3 Å². The highest BCUT2D eigenvalue weighted by Crippen LogP contribution is 2.45. The molecule has 3 heterocycles. The quantitative estimate of drug-likeness (QED) is 0.708. The molecule has 160 valence electrons. The molecule has 0 aromatic heterocycles. The molecule has 4 aliphatic rings. The minimum absolute atomic E-state index is 0.109. The number of ether oxygens (including phenoxy) is 2. The van der Waals surface area contributed by atoms with Crippen LogP contribution in [0.4, 0.5) is 0 Å². The Balaban J connectivity index is 1.23. The molecule has 7 heteroatoms. The summed E-state index contributed by atoms with van der Waals surface area (Å²) in [6.07, 6.45) is 6.81. The van der Waals surface area contributed by atoms with Crippen LogP contribution in [0.1, 0.15) is 38.5 Å². The molecule has 0 amide bonds. The van der Waals surface area contributed by atoms with Crippen molar-refractivity contribution in [1.82, 2.24) is 9.21 Å². The first kappa shape index (κ1) is 19.9. The van der Waals surface area contributed by atoms with Crippen LogP contribution in [0.15, 0.2) is 35.2 Å². The first-order chi connectivity index (χ1) is 14.1. The molecule has 0 radical (unpaired) electrons. The maximum atomic E-state index is 12.9. The van der Waals surface area contributed by atoms with E-state index in [1.807, 2.05) is 6.07 Å². The lowest BCUT2D eigenvalue weighted by Gasteiger charge is -2.63. The number of piperidine rings is 1. The van der Waals surface area contributed by atoms with Crippen molar-refractivity contribution in [1.29, 1.82) is 0 Å². The minimum atomic E-state index is -3.39. The standard InChI is InChI=1S/C22H32N2O4S/c25-29(26,20-4-2-1-3-5-20)23-12-8-19(9-13-23)24-16-21(28-17-18-6-7-18)22(24)10-14-27-15-11-22/h1-5,18-19,21H,6-17H2. The van der Waals surface area contributed by atoms with Gasteiger partial charge in [-0.3, -0.25) is 4.90 Å². The maximum absolute atomic E-state index is 12.9. The smallest absolute Gasteiger partial charge is 0.243 e. The lowest BCUT2D eigenvalue weighted by atomic mass is 9.73. The van der Waals surface area contributed by atoms with Crippen molar-refractivity contribution < 1.29 is 17.9 Å². The van der Waals surface area contributed by atoms with E-state index in [0.29, 0.717) is 30.1 Å². The van der Waals surface area contributed by atoms with Crippen molar-refractivity contribution in [2.75, 3.05) is 39.5 Å². The zero-order valence-corrected chi connectivity index (χ0v) is 17.9. The first-order valence-electron chi connectivity index (χ1n) is 11.1. The van der Waals surface area contributed by atoms with Crippen molar-refractivity contribution in [2.24, 2.45) is 5.92 Å². The van der Waals surface area contributed by atoms with Crippen LogP contribution in [-0.4, -0.2) is 74.8 Å². The zero-order chi connectivity index (χ0) is 19.9. The predicted molar refractivity (Wildman–Crippen MR) is 110 cm³/mol. The van der Waals surface area contributed by atoms with Crippen molar-refractivity contribution >= 4 is 10.0 Å². The molecule has 1 unspecified atom stereocenters. The Bertz CT molecular complexity index is 797. The van der Waals surface area contributed by atoms with Crippen LogP contribution in [0.2, 0.25) is 0 Å². The third-order valence-electron chi connectivity index (χ3n) is 7.37. The Morgan fingerprint density at radius 2 is 1.72 bits per heavy atom. The van der Waals surface area contributed by atoms with Crippen LogP contribution in [0, 0.1) is 5.92 Å². The summed E-state index contributed by atoms with van der Waals surface area (Å²) in [6, 6.07) is 9.25. The van der Waals surface area contributed by atoms with Gasteiger partial charge in [-0.25, -0.2) is 8.42 Å². The fourth-order valence-electron chi connectivity index (χ4n) is 5.33. The Morgan fingerprint density at radius 1 is 1.03 bits per heavy atom. The number of nitrogens with zero attached hydrogens (tertiary/aromatic N) is 2. The Kier molecular flexibility index (Phi) is 5.45. The van der Waals surface area contributed by atoms with E-state index in [0.717, 1.165) is 58.0 Å². The van der Waals surface area contributed by atoms with Gasteiger partial charge in [-0.05, 0) is 56.6 Å². The molecule has 1 aromatic rings. The number of hydrogen-bond acceptors (Lipinski definition) is 5. The number of sulfonamides is 1. The normalized spacial score (nSPS) is 29.0. The van der Waals surface area contributed by atoms with Crippen LogP contribution in [-0.2, 0) is 19.5 Å². The van der Waals surface area contributed by atoms with Gasteiger partial charge in [-0.2, -0.15) is 4.31 Å². The van der Waals surface area contributed by atoms with Gasteiger partial charge in [0.05, 0.1) is 16.5 Å². The molecule has 5 rings (SSSR count). The monoisotopic (exact) mass is 420 g/mol. The molecule has 3 aliphatic heterocycles. The van der Waals surface area contributed by atoms with Crippen LogP contribution in [0.25, 0.3) is 0 Å². The molecule has 4 fully saturated rings. The van der Waals surface area contributed by atoms with Gasteiger partial charge in [0.25, 0.3) is 0 Å². The van der Waals surface area contributed by atoms with Gasteiger partial charge in [0.15, 0.2) is 0 Å². The SMILES string of the molecule is O=S(=O)(c1ccccc1)N1CCC(N2CC(OCC3CC3)C23CCOCC3)CC1. The summed E-state index contributed by atoms with van der Waals surface area (Å²) in [5.74, 6) is 0.785. The molecule has 1 atom stereocenters. The molecule has 1 spiro atoms. The van der Waals surface area contributed by atoms with E-state index in [4.69, 9.17) is 9.47 Å². The summed E-state index contributed by atoms with van der Waals surface area (Å²) in [4.78, 5) is 3.04. The molecular weight excluding hydrogens is 388 g/mol. The molecule has 6 nitrogen and oxygen atoms in total. The van der Waals surface area contributed by atoms with E-state index in [-0.39, 0.29) is 5.54 Å². The minimum Gasteiger partial charge on any atom is -0.381 e. The van der Waals surface area contributed by atoms with Crippen molar-refractivity contribution in [3.8, 4) is 0 Å². The van der Waals surface area contributed by atoms with E-state index >= 15 is 0 Å². The van der Waals surface area contributed by atoms with Gasteiger partial charge >= 0.3 is 0 Å². The second-order valence-electron chi connectivity index (χ2n) is 9.08. The molecule has 0 N–H and O–H groups in total. The van der Waals surface area contributed by atoms with Gasteiger partial charge in [0.1, 0.15) is 0 Å². The molecule has 0 bridgehead atoms. The Hall–Kier alpha value is -0.990. The number of benzene rings is 1. The number of rotatable bonds is 6. The second kappa shape index (κ2) is 7.93. The number of hydrogen-bond donors (Lipinski definition) is 0. The molecule has 1 saturated carbocycles. The van der Waals surface area contributed by atoms with E-state index in [2.05, 4.69) is 4.90 Å². The van der Waals surface area contributed by atoms with E-state index in [1.165, 1.54) is 12.8 Å². The first-order valence-corrected chi connectivity index (χ1v) is 12.5. The van der Waals surface area contributed by atoms with Crippen LogP contribution < -0.4 is 0 Å². The van der Waals surface area contributed by atoms with E-state index < -0.39 is 10.0 Å². The van der Waals surface area contributed by atoms with Gasteiger partial charge < -0.3 is 9.47 Å². The molecule has 3 saturated heterocycles. The lowest BCUT2D eigenvalue weighted by Crippen LogP contribution is -2.76. The fraction of sp³-hybridized carbons (Fsp3) is 0.727. The van der Waals surface area contributed by atoms with Crippen LogP contribution in [0.5, 0.6) is 0 Å². The Morgan fingerprint density at radius 3 is 2.38 bits per heavy atom. The highest BCUT2D eigenvalue weighted by Gasteiger charge is 2.57. The molecule has 1 aromatic carbocycles. The van der Waals surface area contributed by atoms with E-state index in [1.54, 1.807) is 28.6 Å². The summed E-state index contributed by atoms with van der Waals surface area (Å²) in [7, 11) is -3.39. The third-order valence-corrected chi connectivity index (χ3v) is 9.28. The summed E-state index contributed by atoms with van der Waals surface area (Å²) in [5.41, 5.74) is 0.109. The van der Waals surface area contributed by atoms with Gasteiger partial charge in [0, 0.05) is 45.5 Å². The summed E-state index contributed by atoms with van der Waals surface area (Å²) in [6.45, 7) is 4.71. The second-order valence-corrected chi connectivity index (χ2v) is 11.0. The predicted octanol–water partition coefficient (Wildman–Crippen LogP) is 2.50. The topological polar surface area (TPSA) is 59.1 Å². The summed E-state index contributed by atoms with van der Waals surface area (Å²) < 4.78 is 39.5. The molecular formula is C22H32N2O4S. The van der Waals surface area contributed by atoms with Crippen LogP contribution >= 0.6 is 0 Å². The third kappa shape index (κ3) is 3.76.